The number of imidazole rings is 1. The van der Waals surface area contributed by atoms with Crippen LogP contribution in [0.2, 0.25) is 0 Å². The molecule has 3 rings (SSSR count). The number of benzene rings is 2. The molecule has 2 nitrogen and oxygen atoms in total. The number of rotatable bonds is 2. The van der Waals surface area contributed by atoms with Crippen LogP contribution >= 0.6 is 15.9 Å². The monoisotopic (exact) mass is 298 g/mol. The third-order valence-electron chi connectivity index (χ3n) is 2.76. The van der Waals surface area contributed by atoms with E-state index in [2.05, 4.69) is 49.7 Å². The largest absolute Gasteiger partial charge is 0.300 e. The Morgan fingerprint density at radius 1 is 0.944 bits per heavy atom. The van der Waals surface area contributed by atoms with E-state index < -0.39 is 0 Å². The van der Waals surface area contributed by atoms with Crippen molar-refractivity contribution >= 4 is 15.9 Å². The van der Waals surface area contributed by atoms with Crippen LogP contribution < -0.4 is 0 Å². The smallest absolute Gasteiger partial charge is 0.144 e. The average molecular weight is 299 g/mol. The zero-order valence-electron chi connectivity index (χ0n) is 9.62. The first-order valence-electron chi connectivity index (χ1n) is 5.69. The second-order valence-electron chi connectivity index (χ2n) is 3.97. The third kappa shape index (κ3) is 2.09. The summed E-state index contributed by atoms with van der Waals surface area (Å²) < 4.78 is 3.14. The molecule has 0 N–H and O–H groups in total. The number of hydrogen-bond donors (Lipinski definition) is 0. The van der Waals surface area contributed by atoms with E-state index in [-0.39, 0.29) is 0 Å². The van der Waals surface area contributed by atoms with Crippen LogP contribution in [0.3, 0.4) is 0 Å². The van der Waals surface area contributed by atoms with E-state index in [0.717, 1.165) is 21.5 Å². The van der Waals surface area contributed by atoms with E-state index in [0.29, 0.717) is 0 Å². The van der Waals surface area contributed by atoms with Gasteiger partial charge in [0.15, 0.2) is 0 Å². The van der Waals surface area contributed by atoms with Crippen LogP contribution in [0, 0.1) is 0 Å². The van der Waals surface area contributed by atoms with Crippen LogP contribution in [-0.4, -0.2) is 9.55 Å². The van der Waals surface area contributed by atoms with Crippen molar-refractivity contribution in [3.8, 4) is 17.1 Å². The molecule has 0 saturated heterocycles. The summed E-state index contributed by atoms with van der Waals surface area (Å²) in [5.74, 6) is 0.947. The van der Waals surface area contributed by atoms with Gasteiger partial charge in [0.2, 0.25) is 0 Å². The number of halogens is 1. The van der Waals surface area contributed by atoms with Crippen molar-refractivity contribution < 1.29 is 0 Å². The van der Waals surface area contributed by atoms with Gasteiger partial charge in [-0.3, -0.25) is 4.57 Å². The van der Waals surface area contributed by atoms with Crippen LogP contribution in [0.15, 0.2) is 71.5 Å². The lowest BCUT2D eigenvalue weighted by Crippen LogP contribution is -1.95. The molecule has 18 heavy (non-hydrogen) atoms. The summed E-state index contributed by atoms with van der Waals surface area (Å²) in [6.07, 6.45) is 3.80. The second-order valence-corrected chi connectivity index (χ2v) is 4.88. The average Bonchev–Trinajstić information content (AvgIpc) is 2.89. The number of hydrogen-bond acceptors (Lipinski definition) is 1. The molecule has 2 aromatic carbocycles. The molecule has 3 aromatic rings. The highest BCUT2D eigenvalue weighted by Gasteiger charge is 2.07. The summed E-state index contributed by atoms with van der Waals surface area (Å²) in [5.41, 5.74) is 2.21. The third-order valence-corrected chi connectivity index (χ3v) is 3.25. The van der Waals surface area contributed by atoms with Gasteiger partial charge < -0.3 is 0 Å². The van der Waals surface area contributed by atoms with Crippen LogP contribution in [0.25, 0.3) is 17.1 Å². The first-order chi connectivity index (χ1) is 8.84. The van der Waals surface area contributed by atoms with Gasteiger partial charge in [0, 0.05) is 28.1 Å². The van der Waals surface area contributed by atoms with Crippen LogP contribution in [0.1, 0.15) is 0 Å². The lowest BCUT2D eigenvalue weighted by molar-refractivity contribution is 1.07. The summed E-state index contributed by atoms with van der Waals surface area (Å²) in [6.45, 7) is 0. The standard InChI is InChI=1S/C15H11BrN2/c16-13-6-4-5-12(11-13)15-17-9-10-18(15)14-7-2-1-3-8-14/h1-11H. The highest BCUT2D eigenvalue weighted by molar-refractivity contribution is 9.10. The molecule has 0 bridgehead atoms. The van der Waals surface area contributed by atoms with Crippen molar-refractivity contribution in [2.24, 2.45) is 0 Å². The minimum absolute atomic E-state index is 0.947. The number of para-hydroxylation sites is 1. The summed E-state index contributed by atoms with van der Waals surface area (Å²) in [4.78, 5) is 4.45. The fourth-order valence-corrected chi connectivity index (χ4v) is 2.34. The Hall–Kier alpha value is -1.87. The van der Waals surface area contributed by atoms with Crippen molar-refractivity contribution in [2.45, 2.75) is 0 Å². The SMILES string of the molecule is Brc1cccc(-c2nccn2-c2ccccc2)c1. The minimum atomic E-state index is 0.947. The molecule has 1 aromatic heterocycles. The fraction of sp³-hybridized carbons (Fsp3) is 0. The Morgan fingerprint density at radius 3 is 2.56 bits per heavy atom. The zero-order valence-corrected chi connectivity index (χ0v) is 11.2. The van der Waals surface area contributed by atoms with Gasteiger partial charge in [-0.1, -0.05) is 46.3 Å². The summed E-state index contributed by atoms with van der Waals surface area (Å²) in [6, 6.07) is 18.4. The summed E-state index contributed by atoms with van der Waals surface area (Å²) in [5, 5.41) is 0. The van der Waals surface area contributed by atoms with Gasteiger partial charge in [-0.25, -0.2) is 4.98 Å². The maximum atomic E-state index is 4.45. The van der Waals surface area contributed by atoms with Crippen molar-refractivity contribution in [2.75, 3.05) is 0 Å². The maximum absolute atomic E-state index is 4.45. The van der Waals surface area contributed by atoms with Gasteiger partial charge in [-0.15, -0.1) is 0 Å². The van der Waals surface area contributed by atoms with Gasteiger partial charge in [0.25, 0.3) is 0 Å². The Balaban J connectivity index is 2.13. The normalized spacial score (nSPS) is 10.5. The van der Waals surface area contributed by atoms with Gasteiger partial charge in [0.1, 0.15) is 5.82 Å². The first-order valence-corrected chi connectivity index (χ1v) is 6.48. The maximum Gasteiger partial charge on any atom is 0.144 e. The van der Waals surface area contributed by atoms with Gasteiger partial charge >= 0.3 is 0 Å². The Kier molecular flexibility index (Phi) is 2.99. The molecular weight excluding hydrogens is 288 g/mol. The van der Waals surface area contributed by atoms with Crippen molar-refractivity contribution in [1.82, 2.24) is 9.55 Å². The molecule has 0 aliphatic heterocycles. The van der Waals surface area contributed by atoms with E-state index in [1.165, 1.54) is 0 Å². The Bertz CT molecular complexity index is 659. The topological polar surface area (TPSA) is 17.8 Å². The van der Waals surface area contributed by atoms with Crippen molar-refractivity contribution in [3.63, 3.8) is 0 Å². The van der Waals surface area contributed by atoms with Crippen LogP contribution in [0.5, 0.6) is 0 Å². The zero-order chi connectivity index (χ0) is 12.4. The molecular formula is C15H11BrN2. The van der Waals surface area contributed by atoms with E-state index in [1.54, 1.807) is 0 Å². The quantitative estimate of drug-likeness (QED) is 0.690. The Labute approximate surface area is 114 Å². The van der Waals surface area contributed by atoms with E-state index in [9.17, 15) is 0 Å². The molecule has 0 fully saturated rings. The molecule has 3 heteroatoms. The molecule has 1 heterocycles. The van der Waals surface area contributed by atoms with Crippen LogP contribution in [0.4, 0.5) is 0 Å². The van der Waals surface area contributed by atoms with Gasteiger partial charge in [-0.2, -0.15) is 0 Å². The first kappa shape index (κ1) is 11.2. The van der Waals surface area contributed by atoms with E-state index >= 15 is 0 Å². The highest BCUT2D eigenvalue weighted by Crippen LogP contribution is 2.23. The van der Waals surface area contributed by atoms with E-state index in [4.69, 9.17) is 0 Å². The molecule has 0 spiro atoms. The molecule has 0 amide bonds. The Morgan fingerprint density at radius 2 is 1.78 bits per heavy atom. The molecule has 0 aliphatic carbocycles. The van der Waals surface area contributed by atoms with Crippen molar-refractivity contribution in [1.29, 1.82) is 0 Å². The van der Waals surface area contributed by atoms with Gasteiger partial charge in [-0.05, 0) is 24.3 Å². The van der Waals surface area contributed by atoms with Crippen molar-refractivity contribution in [3.05, 3.63) is 71.5 Å². The number of aromatic nitrogens is 2. The van der Waals surface area contributed by atoms with Gasteiger partial charge in [0.05, 0.1) is 0 Å². The predicted octanol–water partition coefficient (Wildman–Crippen LogP) is 4.30. The molecule has 0 unspecified atom stereocenters. The summed E-state index contributed by atoms with van der Waals surface area (Å²) >= 11 is 3.49. The molecule has 0 atom stereocenters. The molecule has 0 aliphatic rings. The summed E-state index contributed by atoms with van der Waals surface area (Å²) in [7, 11) is 0. The highest BCUT2D eigenvalue weighted by atomic mass is 79.9. The minimum Gasteiger partial charge on any atom is -0.300 e. The molecule has 0 saturated carbocycles. The van der Waals surface area contributed by atoms with Crippen LogP contribution in [-0.2, 0) is 0 Å². The van der Waals surface area contributed by atoms with E-state index in [1.807, 2.05) is 42.7 Å². The lowest BCUT2D eigenvalue weighted by Gasteiger charge is -2.07. The second kappa shape index (κ2) is 4.78. The number of nitrogens with zero attached hydrogens (tertiary/aromatic N) is 2. The molecule has 88 valence electrons. The lowest BCUT2D eigenvalue weighted by atomic mass is 10.2. The fourth-order valence-electron chi connectivity index (χ4n) is 1.94. The predicted molar refractivity (Wildman–Crippen MR) is 76.7 cm³/mol. The molecule has 0 radical (unpaired) electrons.